The van der Waals surface area contributed by atoms with Crippen LogP contribution in [0.5, 0.6) is 0 Å². The normalized spacial score (nSPS) is 17.6. The van der Waals surface area contributed by atoms with Crippen molar-refractivity contribution in [2.24, 2.45) is 0 Å². The summed E-state index contributed by atoms with van der Waals surface area (Å²) in [6.45, 7) is 18.8. The molecule has 0 aliphatic carbocycles. The molecule has 0 aliphatic heterocycles. The Morgan fingerprint density at radius 1 is 0.800 bits per heavy atom. The molecule has 0 saturated heterocycles. The predicted octanol–water partition coefficient (Wildman–Crippen LogP) is 4.09. The van der Waals surface area contributed by atoms with Gasteiger partial charge in [0.1, 0.15) is 0 Å². The maximum atomic E-state index is 6.44. The molecule has 2 atom stereocenters. The number of rotatable bonds is 6. The highest BCUT2D eigenvalue weighted by atomic mass is 28.4. The number of hydrogen-bond donors (Lipinski definition) is 0. The Balaban J connectivity index is 4.36. The molecule has 0 bridgehead atoms. The van der Waals surface area contributed by atoms with E-state index in [1.165, 1.54) is 12.8 Å². The standard InChI is InChI=1S/C12H30OSi2/c1-9-11(3,4)14(7)13-15(8)12(5,6)10-2/h14-15H,9-10H2,1-8H3. The van der Waals surface area contributed by atoms with E-state index < -0.39 is 18.1 Å². The summed E-state index contributed by atoms with van der Waals surface area (Å²) in [5.74, 6) is 0. The average Bonchev–Trinajstić information content (AvgIpc) is 2.17. The molecule has 0 amide bonds. The molecular formula is C12H30OSi2. The lowest BCUT2D eigenvalue weighted by atomic mass is 10.1. The molecule has 1 nitrogen and oxygen atoms in total. The highest BCUT2D eigenvalue weighted by Crippen LogP contribution is 2.37. The summed E-state index contributed by atoms with van der Waals surface area (Å²) < 4.78 is 6.44. The van der Waals surface area contributed by atoms with Crippen LogP contribution in [0.1, 0.15) is 54.4 Å². The maximum Gasteiger partial charge on any atom is 0.165 e. The van der Waals surface area contributed by atoms with Gasteiger partial charge >= 0.3 is 0 Å². The Bertz CT molecular complexity index is 170. The van der Waals surface area contributed by atoms with Gasteiger partial charge in [0.15, 0.2) is 18.1 Å². The molecule has 0 N–H and O–H groups in total. The van der Waals surface area contributed by atoms with E-state index in [1.807, 2.05) is 0 Å². The third-order valence-corrected chi connectivity index (χ3v) is 12.9. The van der Waals surface area contributed by atoms with Gasteiger partial charge < -0.3 is 4.12 Å². The van der Waals surface area contributed by atoms with E-state index in [1.54, 1.807) is 0 Å². The van der Waals surface area contributed by atoms with Gasteiger partial charge in [0.25, 0.3) is 0 Å². The highest BCUT2D eigenvalue weighted by Gasteiger charge is 2.33. The van der Waals surface area contributed by atoms with Gasteiger partial charge in [-0.25, -0.2) is 0 Å². The molecule has 0 aliphatic rings. The molecule has 0 spiro atoms. The van der Waals surface area contributed by atoms with E-state index in [2.05, 4.69) is 54.6 Å². The van der Waals surface area contributed by atoms with Crippen LogP contribution in [0.4, 0.5) is 0 Å². The summed E-state index contributed by atoms with van der Waals surface area (Å²) in [6, 6.07) is 0. The fourth-order valence-electron chi connectivity index (χ4n) is 1.25. The zero-order valence-electron chi connectivity index (χ0n) is 12.0. The third-order valence-electron chi connectivity index (χ3n) is 4.43. The van der Waals surface area contributed by atoms with Gasteiger partial charge in [0, 0.05) is 0 Å². The minimum atomic E-state index is -1.02. The summed E-state index contributed by atoms with van der Waals surface area (Å²) >= 11 is 0. The summed E-state index contributed by atoms with van der Waals surface area (Å²) in [5.41, 5.74) is 0. The smallest absolute Gasteiger partial charge is 0.165 e. The first-order valence-electron chi connectivity index (χ1n) is 6.32. The van der Waals surface area contributed by atoms with E-state index >= 15 is 0 Å². The van der Waals surface area contributed by atoms with Crippen LogP contribution in [0.3, 0.4) is 0 Å². The lowest BCUT2D eigenvalue weighted by Gasteiger charge is -2.37. The van der Waals surface area contributed by atoms with E-state index in [4.69, 9.17) is 4.12 Å². The molecule has 15 heavy (non-hydrogen) atoms. The van der Waals surface area contributed by atoms with Crippen LogP contribution in [0.2, 0.25) is 23.2 Å². The number of hydrogen-bond acceptors (Lipinski definition) is 1. The monoisotopic (exact) mass is 246 g/mol. The highest BCUT2D eigenvalue weighted by molar-refractivity contribution is 6.68. The van der Waals surface area contributed by atoms with Gasteiger partial charge in [-0.05, 0) is 23.2 Å². The van der Waals surface area contributed by atoms with Crippen molar-refractivity contribution in [2.75, 3.05) is 0 Å². The summed E-state index contributed by atoms with van der Waals surface area (Å²) in [7, 11) is -2.04. The van der Waals surface area contributed by atoms with Gasteiger partial charge in [-0.3, -0.25) is 0 Å². The molecule has 0 saturated carbocycles. The van der Waals surface area contributed by atoms with Crippen molar-refractivity contribution in [2.45, 2.75) is 77.6 Å². The van der Waals surface area contributed by atoms with Crippen molar-refractivity contribution >= 4 is 18.1 Å². The Hall–Kier alpha value is 0.394. The average molecular weight is 247 g/mol. The van der Waals surface area contributed by atoms with Crippen LogP contribution in [0.15, 0.2) is 0 Å². The van der Waals surface area contributed by atoms with Crippen molar-refractivity contribution in [1.29, 1.82) is 0 Å². The second-order valence-corrected chi connectivity index (χ2v) is 12.9. The molecular weight excluding hydrogens is 216 g/mol. The van der Waals surface area contributed by atoms with Crippen LogP contribution in [0.25, 0.3) is 0 Å². The first-order valence-corrected chi connectivity index (χ1v) is 10.7. The minimum Gasteiger partial charge on any atom is -0.459 e. The van der Waals surface area contributed by atoms with Gasteiger partial charge in [0.05, 0.1) is 0 Å². The quantitative estimate of drug-likeness (QED) is 0.642. The van der Waals surface area contributed by atoms with Crippen molar-refractivity contribution in [3.8, 4) is 0 Å². The van der Waals surface area contributed by atoms with Gasteiger partial charge in [-0.1, -0.05) is 54.4 Å². The van der Waals surface area contributed by atoms with Crippen molar-refractivity contribution < 1.29 is 4.12 Å². The molecule has 0 aromatic heterocycles. The van der Waals surface area contributed by atoms with E-state index in [0.29, 0.717) is 10.1 Å². The molecule has 0 aromatic carbocycles. The Morgan fingerprint density at radius 3 is 1.27 bits per heavy atom. The molecule has 2 unspecified atom stereocenters. The van der Waals surface area contributed by atoms with Gasteiger partial charge in [-0.2, -0.15) is 0 Å². The second kappa shape index (κ2) is 5.64. The largest absolute Gasteiger partial charge is 0.459 e. The van der Waals surface area contributed by atoms with Crippen LogP contribution < -0.4 is 0 Å². The fourth-order valence-corrected chi connectivity index (χ4v) is 7.80. The summed E-state index contributed by atoms with van der Waals surface area (Å²) in [4.78, 5) is 0. The summed E-state index contributed by atoms with van der Waals surface area (Å²) in [5, 5.41) is 0.899. The molecule has 0 rings (SSSR count). The van der Waals surface area contributed by atoms with Crippen molar-refractivity contribution in [3.63, 3.8) is 0 Å². The van der Waals surface area contributed by atoms with E-state index in [9.17, 15) is 0 Å². The SMILES string of the molecule is CCC(C)(C)[SiH](C)O[SiH](C)C(C)(C)CC. The van der Waals surface area contributed by atoms with Gasteiger partial charge in [-0.15, -0.1) is 0 Å². The topological polar surface area (TPSA) is 9.23 Å². The Morgan fingerprint density at radius 2 is 1.07 bits per heavy atom. The fraction of sp³-hybridized carbons (Fsp3) is 1.00. The van der Waals surface area contributed by atoms with Crippen LogP contribution in [0, 0.1) is 0 Å². The molecule has 0 fully saturated rings. The first kappa shape index (κ1) is 15.4. The van der Waals surface area contributed by atoms with E-state index in [-0.39, 0.29) is 0 Å². The molecule has 0 heterocycles. The molecule has 3 heteroatoms. The Labute approximate surface area is 100 Å². The first-order chi connectivity index (χ1) is 6.67. The van der Waals surface area contributed by atoms with Crippen LogP contribution in [-0.2, 0) is 4.12 Å². The zero-order chi connectivity index (χ0) is 12.3. The third kappa shape index (κ3) is 4.41. The molecule has 0 radical (unpaired) electrons. The van der Waals surface area contributed by atoms with Crippen molar-refractivity contribution in [3.05, 3.63) is 0 Å². The lowest BCUT2D eigenvalue weighted by molar-refractivity contribution is 0.461. The molecule has 92 valence electrons. The van der Waals surface area contributed by atoms with E-state index in [0.717, 1.165) is 0 Å². The second-order valence-electron chi connectivity index (χ2n) is 6.10. The Kier molecular flexibility index (Phi) is 5.79. The van der Waals surface area contributed by atoms with Gasteiger partial charge in [0.2, 0.25) is 0 Å². The minimum absolute atomic E-state index is 0.449. The van der Waals surface area contributed by atoms with Crippen LogP contribution >= 0.6 is 0 Å². The predicted molar refractivity (Wildman–Crippen MR) is 75.8 cm³/mol. The lowest BCUT2D eigenvalue weighted by Crippen LogP contribution is -2.38. The maximum absolute atomic E-state index is 6.44. The van der Waals surface area contributed by atoms with Crippen molar-refractivity contribution in [1.82, 2.24) is 0 Å². The zero-order valence-corrected chi connectivity index (χ0v) is 14.3. The van der Waals surface area contributed by atoms with Crippen LogP contribution in [-0.4, -0.2) is 18.1 Å². The molecule has 0 aromatic rings. The summed E-state index contributed by atoms with van der Waals surface area (Å²) in [6.07, 6.45) is 2.49.